The number of aliphatic hydroxyl groups excluding tert-OH is 1. The molecular weight excluding hydrogens is 474 g/mol. The molecule has 1 aliphatic heterocycles. The first-order valence-corrected chi connectivity index (χ1v) is 13.1. The van der Waals surface area contributed by atoms with Crippen molar-refractivity contribution >= 4 is 23.7 Å². The van der Waals surface area contributed by atoms with Gasteiger partial charge in [-0.2, -0.15) is 0 Å². The topological polar surface area (TPSA) is 134 Å². The number of cyclic esters (lactones) is 1. The largest absolute Gasteiger partial charge is 0.457 e. The van der Waals surface area contributed by atoms with Crippen LogP contribution in [-0.2, 0) is 30.3 Å². The second-order valence-electron chi connectivity index (χ2n) is 9.78. The van der Waals surface area contributed by atoms with Crippen LogP contribution in [0.25, 0.3) is 0 Å². The van der Waals surface area contributed by atoms with Gasteiger partial charge in [0.1, 0.15) is 18.2 Å². The Morgan fingerprint density at radius 2 is 1.65 bits per heavy atom. The fourth-order valence-electron chi connectivity index (χ4n) is 4.17. The molecule has 2 rings (SSSR count). The van der Waals surface area contributed by atoms with E-state index in [2.05, 4.69) is 16.0 Å². The lowest BCUT2D eigenvalue weighted by molar-refractivity contribution is -0.151. The van der Waals surface area contributed by atoms with E-state index in [0.717, 1.165) is 18.4 Å². The van der Waals surface area contributed by atoms with E-state index in [1.54, 1.807) is 13.0 Å². The van der Waals surface area contributed by atoms with Crippen molar-refractivity contribution in [1.29, 1.82) is 0 Å². The number of nitrogens with one attached hydrogen (secondary N) is 3. The lowest BCUT2D eigenvalue weighted by Gasteiger charge is -2.29. The van der Waals surface area contributed by atoms with Gasteiger partial charge in [0.05, 0.1) is 25.0 Å². The van der Waals surface area contributed by atoms with E-state index in [4.69, 9.17) is 4.74 Å². The Balaban J connectivity index is 2.39. The molecule has 3 amide bonds. The summed E-state index contributed by atoms with van der Waals surface area (Å²) in [5.41, 5.74) is 0.840. The van der Waals surface area contributed by atoms with Gasteiger partial charge in [-0.15, -0.1) is 0 Å². The summed E-state index contributed by atoms with van der Waals surface area (Å²) in [6.07, 6.45) is 3.08. The molecule has 1 fully saturated rings. The zero-order valence-electron chi connectivity index (χ0n) is 22.2. The molecule has 0 aliphatic carbocycles. The Hall–Kier alpha value is -3.20. The van der Waals surface area contributed by atoms with Gasteiger partial charge in [0.2, 0.25) is 17.7 Å². The molecule has 1 aromatic rings. The van der Waals surface area contributed by atoms with Gasteiger partial charge in [0.15, 0.2) is 0 Å². The first kappa shape index (κ1) is 30.0. The molecule has 9 heteroatoms. The standard InChI is InChI=1S/C28H41N3O6/c1-5-7-9-14-20-16-24(33)29-22(15-19-12-10-8-11-13-19)28(36)30-21(6-2)27(35)31-26(18(3)4)23(32)17-25(34)37-20/h8-14,18,20-23,26,32H,5-7,15-17H2,1-4H3,(H,29,33)(H,30,36)(H,31,35)/b14-9+/t20-,21-,22-,23+,26-/m1/s1. The maximum Gasteiger partial charge on any atom is 0.309 e. The number of hydrogen-bond acceptors (Lipinski definition) is 6. The third kappa shape index (κ3) is 9.99. The molecule has 0 radical (unpaired) electrons. The molecule has 5 atom stereocenters. The van der Waals surface area contributed by atoms with Crippen LogP contribution >= 0.6 is 0 Å². The van der Waals surface area contributed by atoms with Crippen molar-refractivity contribution in [3.8, 4) is 0 Å². The first-order chi connectivity index (χ1) is 17.6. The number of unbranched alkanes of at least 4 members (excludes halogenated alkanes) is 1. The van der Waals surface area contributed by atoms with Crippen LogP contribution in [0.1, 0.15) is 65.4 Å². The van der Waals surface area contributed by atoms with Crippen molar-refractivity contribution in [2.75, 3.05) is 0 Å². The third-order valence-corrected chi connectivity index (χ3v) is 6.27. The fraction of sp³-hybridized carbons (Fsp3) is 0.571. The minimum absolute atomic E-state index is 0.178. The first-order valence-electron chi connectivity index (χ1n) is 13.1. The molecular formula is C28H41N3O6. The van der Waals surface area contributed by atoms with Gasteiger partial charge in [-0.25, -0.2) is 0 Å². The number of benzene rings is 1. The van der Waals surface area contributed by atoms with E-state index in [1.807, 2.05) is 57.2 Å². The van der Waals surface area contributed by atoms with Crippen LogP contribution in [0.2, 0.25) is 0 Å². The van der Waals surface area contributed by atoms with E-state index < -0.39 is 54.0 Å². The number of amides is 3. The van der Waals surface area contributed by atoms with Gasteiger partial charge in [-0.05, 0) is 30.4 Å². The maximum absolute atomic E-state index is 13.3. The van der Waals surface area contributed by atoms with Crippen LogP contribution in [0.4, 0.5) is 0 Å². The molecule has 1 aromatic carbocycles. The summed E-state index contributed by atoms with van der Waals surface area (Å²) in [6.45, 7) is 7.41. The van der Waals surface area contributed by atoms with E-state index >= 15 is 0 Å². The molecule has 1 aliphatic rings. The van der Waals surface area contributed by atoms with Gasteiger partial charge in [-0.1, -0.05) is 70.5 Å². The van der Waals surface area contributed by atoms with Gasteiger partial charge in [0, 0.05) is 6.42 Å². The number of esters is 1. The van der Waals surface area contributed by atoms with E-state index in [-0.39, 0.29) is 25.2 Å². The monoisotopic (exact) mass is 515 g/mol. The SMILES string of the molecule is CCC/C=C/[C@@H]1CC(=O)N[C@H](Cc2ccccc2)C(=O)N[C@H](CC)C(=O)N[C@H](C(C)C)[C@@H](O)CC(=O)O1. The number of hydrogen-bond donors (Lipinski definition) is 4. The van der Waals surface area contributed by atoms with Gasteiger partial charge in [-0.3, -0.25) is 19.2 Å². The number of carbonyl (C=O) groups is 4. The Labute approximate surface area is 219 Å². The molecule has 37 heavy (non-hydrogen) atoms. The summed E-state index contributed by atoms with van der Waals surface area (Å²) in [6, 6.07) is 6.70. The highest BCUT2D eigenvalue weighted by molar-refractivity contribution is 5.92. The maximum atomic E-state index is 13.3. The predicted octanol–water partition coefficient (Wildman–Crippen LogP) is 2.17. The zero-order valence-corrected chi connectivity index (χ0v) is 22.2. The van der Waals surface area contributed by atoms with Crippen LogP contribution in [0, 0.1) is 5.92 Å². The van der Waals surface area contributed by atoms with Gasteiger partial charge in [0.25, 0.3) is 0 Å². The summed E-state index contributed by atoms with van der Waals surface area (Å²) in [5, 5.41) is 19.1. The molecule has 9 nitrogen and oxygen atoms in total. The molecule has 0 unspecified atom stereocenters. The van der Waals surface area contributed by atoms with E-state index in [0.29, 0.717) is 6.42 Å². The van der Waals surface area contributed by atoms with Crippen LogP contribution in [0.3, 0.4) is 0 Å². The van der Waals surface area contributed by atoms with Crippen LogP contribution in [0.5, 0.6) is 0 Å². The van der Waals surface area contributed by atoms with Gasteiger partial charge < -0.3 is 25.8 Å². The summed E-state index contributed by atoms with van der Waals surface area (Å²) in [4.78, 5) is 52.0. The van der Waals surface area contributed by atoms with Crippen LogP contribution in [0.15, 0.2) is 42.5 Å². The van der Waals surface area contributed by atoms with Gasteiger partial charge >= 0.3 is 5.97 Å². The number of rotatable bonds is 7. The summed E-state index contributed by atoms with van der Waals surface area (Å²) in [7, 11) is 0. The minimum Gasteiger partial charge on any atom is -0.457 e. The Morgan fingerprint density at radius 3 is 2.27 bits per heavy atom. The highest BCUT2D eigenvalue weighted by atomic mass is 16.5. The molecule has 0 bridgehead atoms. The summed E-state index contributed by atoms with van der Waals surface area (Å²) in [5.74, 6) is -2.30. The van der Waals surface area contributed by atoms with Crippen molar-refractivity contribution in [2.45, 2.75) is 96.6 Å². The smallest absolute Gasteiger partial charge is 0.309 e. The summed E-state index contributed by atoms with van der Waals surface area (Å²) >= 11 is 0. The Bertz CT molecular complexity index is 933. The fourth-order valence-corrected chi connectivity index (χ4v) is 4.17. The molecule has 0 saturated carbocycles. The number of allylic oxidation sites excluding steroid dienone is 1. The Kier molecular flexibility index (Phi) is 12.3. The van der Waals surface area contributed by atoms with Crippen LogP contribution in [-0.4, -0.2) is 59.1 Å². The van der Waals surface area contributed by atoms with E-state index in [1.165, 1.54) is 0 Å². The zero-order chi connectivity index (χ0) is 27.4. The van der Waals surface area contributed by atoms with Crippen molar-refractivity contribution < 1.29 is 29.0 Å². The summed E-state index contributed by atoms with van der Waals surface area (Å²) < 4.78 is 5.53. The highest BCUT2D eigenvalue weighted by Gasteiger charge is 2.32. The lowest BCUT2D eigenvalue weighted by atomic mass is 9.95. The molecule has 204 valence electrons. The Morgan fingerprint density at radius 1 is 0.973 bits per heavy atom. The molecule has 0 aromatic heterocycles. The third-order valence-electron chi connectivity index (χ3n) is 6.27. The molecule has 0 spiro atoms. The molecule has 1 saturated heterocycles. The number of ether oxygens (including phenoxy) is 1. The van der Waals surface area contributed by atoms with E-state index in [9.17, 15) is 24.3 Å². The highest BCUT2D eigenvalue weighted by Crippen LogP contribution is 2.14. The average molecular weight is 516 g/mol. The van der Waals surface area contributed by atoms with Crippen molar-refractivity contribution in [3.05, 3.63) is 48.0 Å². The number of aliphatic hydroxyl groups is 1. The minimum atomic E-state index is -1.20. The normalized spacial score (nSPS) is 26.6. The second kappa shape index (κ2) is 15.1. The van der Waals surface area contributed by atoms with Crippen molar-refractivity contribution in [2.24, 2.45) is 5.92 Å². The second-order valence-corrected chi connectivity index (χ2v) is 9.78. The molecule has 4 N–H and O–H groups in total. The number of carbonyl (C=O) groups excluding carboxylic acids is 4. The van der Waals surface area contributed by atoms with Crippen molar-refractivity contribution in [3.63, 3.8) is 0 Å². The average Bonchev–Trinajstić information content (AvgIpc) is 2.85. The van der Waals surface area contributed by atoms with Crippen molar-refractivity contribution in [1.82, 2.24) is 16.0 Å². The lowest BCUT2D eigenvalue weighted by Crippen LogP contribution is -2.57. The predicted molar refractivity (Wildman–Crippen MR) is 140 cm³/mol. The van der Waals surface area contributed by atoms with Crippen LogP contribution < -0.4 is 16.0 Å². The molecule has 1 heterocycles. The quantitative estimate of drug-likeness (QED) is 0.325.